The minimum Gasteiger partial charge on any atom is -0.352 e. The Morgan fingerprint density at radius 1 is 1.16 bits per heavy atom. The Balaban J connectivity index is 2.31. The van der Waals surface area contributed by atoms with E-state index >= 15 is 0 Å². The first-order valence-corrected chi connectivity index (χ1v) is 6.38. The van der Waals surface area contributed by atoms with E-state index in [1.807, 2.05) is 6.92 Å². The third-order valence-electron chi connectivity index (χ3n) is 3.08. The van der Waals surface area contributed by atoms with Gasteiger partial charge in [-0.25, -0.2) is 0 Å². The minimum atomic E-state index is -0.326. The third kappa shape index (κ3) is 2.23. The van der Waals surface area contributed by atoms with Gasteiger partial charge >= 0.3 is 0 Å². The van der Waals surface area contributed by atoms with Crippen molar-refractivity contribution < 1.29 is 14.4 Å². The van der Waals surface area contributed by atoms with Gasteiger partial charge in [0.25, 0.3) is 17.7 Å². The van der Waals surface area contributed by atoms with Crippen LogP contribution >= 0.6 is 0 Å². The number of nitrogens with one attached hydrogen (secondary N) is 1. The molecule has 5 nitrogen and oxygen atoms in total. The Morgan fingerprint density at radius 3 is 2.47 bits per heavy atom. The number of carbonyl (C=O) groups is 3. The third-order valence-corrected chi connectivity index (χ3v) is 3.08. The fraction of sp³-hybridized carbons (Fsp3) is 0.357. The molecule has 1 aromatic carbocycles. The smallest absolute Gasteiger partial charge is 0.261 e. The lowest BCUT2D eigenvalue weighted by atomic mass is 10.1. The van der Waals surface area contributed by atoms with Crippen LogP contribution in [0.4, 0.5) is 0 Å². The van der Waals surface area contributed by atoms with E-state index in [2.05, 4.69) is 5.32 Å². The van der Waals surface area contributed by atoms with Gasteiger partial charge in [-0.3, -0.25) is 19.3 Å². The number of imide groups is 1. The number of carbonyl (C=O) groups excluding carboxylic acids is 3. The van der Waals surface area contributed by atoms with Gasteiger partial charge in [0.15, 0.2) is 0 Å². The zero-order chi connectivity index (χ0) is 14.0. The normalized spacial score (nSPS) is 13.7. The van der Waals surface area contributed by atoms with Crippen LogP contribution in [0.3, 0.4) is 0 Å². The lowest BCUT2D eigenvalue weighted by Gasteiger charge is -2.08. The fourth-order valence-corrected chi connectivity index (χ4v) is 2.06. The van der Waals surface area contributed by atoms with E-state index in [1.54, 1.807) is 19.1 Å². The Bertz CT molecular complexity index is 552. The fourth-order valence-electron chi connectivity index (χ4n) is 2.06. The first-order valence-electron chi connectivity index (χ1n) is 6.38. The summed E-state index contributed by atoms with van der Waals surface area (Å²) in [5, 5.41) is 2.74. The highest BCUT2D eigenvalue weighted by atomic mass is 16.2. The van der Waals surface area contributed by atoms with Crippen LogP contribution in [0.5, 0.6) is 0 Å². The molecule has 0 radical (unpaired) electrons. The molecule has 0 atom stereocenters. The average Bonchev–Trinajstić information content (AvgIpc) is 2.67. The Hall–Kier alpha value is -2.17. The van der Waals surface area contributed by atoms with Crippen molar-refractivity contribution in [3.05, 3.63) is 34.9 Å². The van der Waals surface area contributed by atoms with E-state index in [0.29, 0.717) is 29.8 Å². The Morgan fingerprint density at radius 2 is 1.84 bits per heavy atom. The van der Waals surface area contributed by atoms with Crippen molar-refractivity contribution in [2.45, 2.75) is 20.3 Å². The summed E-state index contributed by atoms with van der Waals surface area (Å²) in [6.45, 7) is 4.63. The Kier molecular flexibility index (Phi) is 3.64. The summed E-state index contributed by atoms with van der Waals surface area (Å²) in [6.07, 6.45) is 0.845. The maximum absolute atomic E-state index is 12.0. The highest BCUT2D eigenvalue weighted by Gasteiger charge is 2.34. The van der Waals surface area contributed by atoms with Crippen LogP contribution in [0, 0.1) is 0 Å². The number of benzene rings is 1. The monoisotopic (exact) mass is 260 g/mol. The summed E-state index contributed by atoms with van der Waals surface area (Å²) in [4.78, 5) is 36.9. The topological polar surface area (TPSA) is 66.5 Å². The molecular formula is C14H16N2O3. The highest BCUT2D eigenvalue weighted by Crippen LogP contribution is 2.23. The predicted molar refractivity (Wildman–Crippen MR) is 70.1 cm³/mol. The number of nitrogens with zero attached hydrogens (tertiary/aromatic N) is 1. The zero-order valence-corrected chi connectivity index (χ0v) is 11.0. The molecule has 1 aromatic rings. The second kappa shape index (κ2) is 5.22. The summed E-state index contributed by atoms with van der Waals surface area (Å²) in [7, 11) is 0. The van der Waals surface area contributed by atoms with Crippen molar-refractivity contribution in [3.8, 4) is 0 Å². The van der Waals surface area contributed by atoms with E-state index < -0.39 is 0 Å². The standard InChI is InChI=1S/C14H16N2O3/c1-3-7-15-12(17)9-5-6-10-11(8-9)14(19)16(4-2)13(10)18/h5-6,8H,3-4,7H2,1-2H3,(H,15,17). The van der Waals surface area contributed by atoms with E-state index in [0.717, 1.165) is 6.42 Å². The van der Waals surface area contributed by atoms with E-state index in [4.69, 9.17) is 0 Å². The molecule has 0 bridgehead atoms. The molecule has 1 aliphatic rings. The number of hydrogen-bond acceptors (Lipinski definition) is 3. The molecular weight excluding hydrogens is 244 g/mol. The van der Waals surface area contributed by atoms with Crippen LogP contribution in [-0.2, 0) is 0 Å². The lowest BCUT2D eigenvalue weighted by molar-refractivity contribution is 0.0662. The van der Waals surface area contributed by atoms with E-state index in [9.17, 15) is 14.4 Å². The second-order valence-corrected chi connectivity index (χ2v) is 4.37. The maximum atomic E-state index is 12.0. The van der Waals surface area contributed by atoms with Gasteiger partial charge in [0, 0.05) is 18.7 Å². The van der Waals surface area contributed by atoms with Crippen LogP contribution in [-0.4, -0.2) is 35.7 Å². The van der Waals surface area contributed by atoms with E-state index in [1.165, 1.54) is 11.0 Å². The van der Waals surface area contributed by atoms with Crippen LogP contribution in [0.15, 0.2) is 18.2 Å². The molecule has 0 fully saturated rings. The minimum absolute atomic E-state index is 0.222. The molecule has 2 rings (SSSR count). The summed E-state index contributed by atoms with van der Waals surface area (Å²) in [6, 6.07) is 4.62. The summed E-state index contributed by atoms with van der Waals surface area (Å²) in [5.41, 5.74) is 1.10. The largest absolute Gasteiger partial charge is 0.352 e. The molecule has 0 saturated carbocycles. The van der Waals surface area contributed by atoms with Gasteiger partial charge in [0.05, 0.1) is 11.1 Å². The predicted octanol–water partition coefficient (Wildman–Crippen LogP) is 1.44. The molecule has 3 amide bonds. The Labute approximate surface area is 111 Å². The van der Waals surface area contributed by atoms with E-state index in [-0.39, 0.29) is 17.7 Å². The van der Waals surface area contributed by atoms with Gasteiger partial charge in [-0.15, -0.1) is 0 Å². The molecule has 0 spiro atoms. The summed E-state index contributed by atoms with van der Waals surface area (Å²) < 4.78 is 0. The first kappa shape index (κ1) is 13.3. The molecule has 0 aromatic heterocycles. The number of hydrogen-bond donors (Lipinski definition) is 1. The van der Waals surface area contributed by atoms with Crippen LogP contribution in [0.1, 0.15) is 51.3 Å². The quantitative estimate of drug-likeness (QED) is 0.833. The van der Waals surface area contributed by atoms with Gasteiger partial charge in [-0.05, 0) is 31.5 Å². The van der Waals surface area contributed by atoms with Gasteiger partial charge in [0.2, 0.25) is 0 Å². The highest BCUT2D eigenvalue weighted by molar-refractivity contribution is 6.22. The molecule has 0 unspecified atom stereocenters. The van der Waals surface area contributed by atoms with Crippen molar-refractivity contribution in [2.24, 2.45) is 0 Å². The van der Waals surface area contributed by atoms with Crippen LogP contribution < -0.4 is 5.32 Å². The molecule has 19 heavy (non-hydrogen) atoms. The van der Waals surface area contributed by atoms with Crippen molar-refractivity contribution in [3.63, 3.8) is 0 Å². The van der Waals surface area contributed by atoms with Gasteiger partial charge in [-0.2, -0.15) is 0 Å². The molecule has 0 aliphatic carbocycles. The molecule has 100 valence electrons. The lowest BCUT2D eigenvalue weighted by Crippen LogP contribution is -2.29. The number of rotatable bonds is 4. The molecule has 1 heterocycles. The van der Waals surface area contributed by atoms with Crippen LogP contribution in [0.2, 0.25) is 0 Å². The number of amides is 3. The van der Waals surface area contributed by atoms with Gasteiger partial charge in [0.1, 0.15) is 0 Å². The summed E-state index contributed by atoms with van der Waals surface area (Å²) >= 11 is 0. The molecule has 1 N–H and O–H groups in total. The molecule has 1 aliphatic heterocycles. The summed E-state index contributed by atoms with van der Waals surface area (Å²) in [5.74, 6) is -0.837. The van der Waals surface area contributed by atoms with Crippen molar-refractivity contribution >= 4 is 17.7 Å². The molecule has 0 saturated heterocycles. The van der Waals surface area contributed by atoms with Crippen LogP contribution in [0.25, 0.3) is 0 Å². The molecule has 5 heteroatoms. The SMILES string of the molecule is CCCNC(=O)c1ccc2c(c1)C(=O)N(CC)C2=O. The van der Waals surface area contributed by atoms with Crippen molar-refractivity contribution in [1.82, 2.24) is 10.2 Å². The van der Waals surface area contributed by atoms with Gasteiger partial charge in [-0.1, -0.05) is 6.92 Å². The van der Waals surface area contributed by atoms with Gasteiger partial charge < -0.3 is 5.32 Å². The first-order chi connectivity index (χ1) is 9.10. The second-order valence-electron chi connectivity index (χ2n) is 4.37. The average molecular weight is 260 g/mol. The zero-order valence-electron chi connectivity index (χ0n) is 11.0. The maximum Gasteiger partial charge on any atom is 0.261 e. The number of fused-ring (bicyclic) bond motifs is 1. The van der Waals surface area contributed by atoms with Crippen molar-refractivity contribution in [2.75, 3.05) is 13.1 Å². The van der Waals surface area contributed by atoms with Crippen molar-refractivity contribution in [1.29, 1.82) is 0 Å².